The number of anilines is 1. The van der Waals surface area contributed by atoms with E-state index >= 15 is 0 Å². The van der Waals surface area contributed by atoms with E-state index in [1.165, 1.54) is 0 Å². The number of carbonyl (C=O) groups is 1. The van der Waals surface area contributed by atoms with Crippen molar-refractivity contribution in [2.45, 2.75) is 18.8 Å². The molecule has 0 aromatic heterocycles. The minimum Gasteiger partial charge on any atom is -0.496 e. The van der Waals surface area contributed by atoms with Crippen LogP contribution >= 0.6 is 0 Å². The van der Waals surface area contributed by atoms with Gasteiger partial charge in [-0.3, -0.25) is 4.79 Å². The molecule has 0 saturated heterocycles. The first-order valence-corrected chi connectivity index (χ1v) is 6.35. The summed E-state index contributed by atoms with van der Waals surface area (Å²) in [6.07, 6.45) is 1.22. The summed E-state index contributed by atoms with van der Waals surface area (Å²) in [5.41, 5.74) is 7.49. The van der Waals surface area contributed by atoms with Crippen molar-refractivity contribution in [2.75, 3.05) is 32.7 Å². The van der Waals surface area contributed by atoms with Gasteiger partial charge in [0.2, 0.25) is 5.91 Å². The van der Waals surface area contributed by atoms with Gasteiger partial charge < -0.3 is 20.1 Å². The molecule has 0 aliphatic carbocycles. The molecule has 5 nitrogen and oxygen atoms in total. The third-order valence-corrected chi connectivity index (χ3v) is 3.63. The van der Waals surface area contributed by atoms with Crippen LogP contribution in [-0.4, -0.2) is 33.7 Å². The molecule has 0 bridgehead atoms. The Morgan fingerprint density at radius 1 is 1.32 bits per heavy atom. The van der Waals surface area contributed by atoms with E-state index in [9.17, 15) is 4.79 Å². The number of nitrogens with zero attached hydrogens (tertiary/aromatic N) is 1. The first-order chi connectivity index (χ1) is 9.13. The molecule has 1 aromatic rings. The minimum atomic E-state index is 0.0810. The van der Waals surface area contributed by atoms with Crippen molar-refractivity contribution in [3.05, 3.63) is 17.7 Å². The second-order valence-electron chi connectivity index (χ2n) is 4.66. The van der Waals surface area contributed by atoms with Crippen LogP contribution in [-0.2, 0) is 4.79 Å². The van der Waals surface area contributed by atoms with Gasteiger partial charge in [-0.2, -0.15) is 0 Å². The van der Waals surface area contributed by atoms with Crippen molar-refractivity contribution in [3.63, 3.8) is 0 Å². The predicted octanol–water partition coefficient (Wildman–Crippen LogP) is 1.50. The van der Waals surface area contributed by atoms with Gasteiger partial charge >= 0.3 is 0 Å². The maximum Gasteiger partial charge on any atom is 0.227 e. The molecule has 1 aliphatic rings. The Morgan fingerprint density at radius 3 is 2.53 bits per heavy atom. The molecule has 5 heteroatoms. The van der Waals surface area contributed by atoms with E-state index in [4.69, 9.17) is 15.2 Å². The van der Waals surface area contributed by atoms with Crippen molar-refractivity contribution in [1.29, 1.82) is 0 Å². The monoisotopic (exact) mass is 264 g/mol. The summed E-state index contributed by atoms with van der Waals surface area (Å²) >= 11 is 0. The fourth-order valence-electron chi connectivity index (χ4n) is 2.67. The van der Waals surface area contributed by atoms with Crippen LogP contribution in [0.2, 0.25) is 0 Å². The molecule has 1 unspecified atom stereocenters. The second kappa shape index (κ2) is 5.48. The smallest absolute Gasteiger partial charge is 0.227 e. The quantitative estimate of drug-likeness (QED) is 0.895. The van der Waals surface area contributed by atoms with E-state index in [1.54, 1.807) is 26.2 Å². The summed E-state index contributed by atoms with van der Waals surface area (Å²) in [5, 5.41) is 0. The molecule has 0 saturated carbocycles. The zero-order valence-electron chi connectivity index (χ0n) is 11.6. The van der Waals surface area contributed by atoms with Gasteiger partial charge in [0.05, 0.1) is 19.9 Å². The molecule has 19 heavy (non-hydrogen) atoms. The summed E-state index contributed by atoms with van der Waals surface area (Å²) in [7, 11) is 5.01. The fourth-order valence-corrected chi connectivity index (χ4v) is 2.67. The Kier molecular flexibility index (Phi) is 3.95. The number of ether oxygens (including phenoxy) is 2. The highest BCUT2D eigenvalue weighted by Gasteiger charge is 2.33. The fraction of sp³-hybridized carbons (Fsp3) is 0.500. The van der Waals surface area contributed by atoms with Crippen LogP contribution in [0.25, 0.3) is 0 Å². The number of nitrogens with two attached hydrogens (primary N) is 1. The molecule has 0 radical (unpaired) electrons. The Morgan fingerprint density at radius 2 is 1.95 bits per heavy atom. The molecule has 1 aromatic carbocycles. The average molecular weight is 264 g/mol. The van der Waals surface area contributed by atoms with Crippen molar-refractivity contribution in [2.24, 2.45) is 5.73 Å². The van der Waals surface area contributed by atoms with Gasteiger partial charge in [0, 0.05) is 19.0 Å². The maximum atomic E-state index is 12.1. The van der Waals surface area contributed by atoms with Crippen molar-refractivity contribution in [1.82, 2.24) is 0 Å². The third kappa shape index (κ3) is 2.26. The van der Waals surface area contributed by atoms with Gasteiger partial charge in [0.15, 0.2) is 0 Å². The maximum absolute atomic E-state index is 12.1. The SMILES string of the molecule is COc1ccc(OC)c2c1C(CCN)CC(=O)N2C. The standard InChI is InChI=1S/C14H20N2O3/c1-16-12(17)8-9(6-7-15)13-10(18-2)4-5-11(19-3)14(13)16/h4-5,9H,6-8,15H2,1-3H3. The number of fused-ring (bicyclic) bond motifs is 1. The van der Waals surface area contributed by atoms with Crippen LogP contribution < -0.4 is 20.1 Å². The number of benzene rings is 1. The van der Waals surface area contributed by atoms with Gasteiger partial charge in [0.25, 0.3) is 0 Å². The van der Waals surface area contributed by atoms with E-state index in [0.717, 1.165) is 23.4 Å². The summed E-state index contributed by atoms with van der Waals surface area (Å²) in [5.74, 6) is 1.65. The molecular weight excluding hydrogens is 244 g/mol. The molecular formula is C14H20N2O3. The molecule has 2 rings (SSSR count). The molecule has 1 aliphatic heterocycles. The Hall–Kier alpha value is -1.75. The molecule has 0 spiro atoms. The second-order valence-corrected chi connectivity index (χ2v) is 4.66. The molecule has 2 N–H and O–H groups in total. The van der Waals surface area contributed by atoms with Crippen molar-refractivity contribution in [3.8, 4) is 11.5 Å². The van der Waals surface area contributed by atoms with Gasteiger partial charge in [-0.1, -0.05) is 0 Å². The Balaban J connectivity index is 2.63. The van der Waals surface area contributed by atoms with Crippen LogP contribution in [0, 0.1) is 0 Å². The predicted molar refractivity (Wildman–Crippen MR) is 74.0 cm³/mol. The molecule has 1 amide bonds. The number of rotatable bonds is 4. The highest BCUT2D eigenvalue weighted by atomic mass is 16.5. The number of methoxy groups -OCH3 is 2. The van der Waals surface area contributed by atoms with E-state index < -0.39 is 0 Å². The van der Waals surface area contributed by atoms with Crippen molar-refractivity contribution >= 4 is 11.6 Å². The number of hydrogen-bond donors (Lipinski definition) is 1. The van der Waals surface area contributed by atoms with E-state index in [0.29, 0.717) is 18.7 Å². The summed E-state index contributed by atoms with van der Waals surface area (Å²) < 4.78 is 10.8. The average Bonchev–Trinajstić information content (AvgIpc) is 2.43. The summed E-state index contributed by atoms with van der Waals surface area (Å²) in [6, 6.07) is 3.71. The lowest BCUT2D eigenvalue weighted by Gasteiger charge is -2.33. The Labute approximate surface area is 113 Å². The number of hydrogen-bond acceptors (Lipinski definition) is 4. The molecule has 1 heterocycles. The third-order valence-electron chi connectivity index (χ3n) is 3.63. The topological polar surface area (TPSA) is 64.8 Å². The molecule has 0 fully saturated rings. The van der Waals surface area contributed by atoms with Crippen LogP contribution in [0.3, 0.4) is 0 Å². The van der Waals surface area contributed by atoms with E-state index in [2.05, 4.69) is 0 Å². The summed E-state index contributed by atoms with van der Waals surface area (Å²) in [4.78, 5) is 13.7. The van der Waals surface area contributed by atoms with E-state index in [1.807, 2.05) is 12.1 Å². The molecule has 104 valence electrons. The minimum absolute atomic E-state index is 0.0810. The number of carbonyl (C=O) groups excluding carboxylic acids is 1. The first-order valence-electron chi connectivity index (χ1n) is 6.35. The van der Waals surface area contributed by atoms with Gasteiger partial charge in [-0.25, -0.2) is 0 Å². The summed E-state index contributed by atoms with van der Waals surface area (Å²) in [6.45, 7) is 0.543. The van der Waals surface area contributed by atoms with Gasteiger partial charge in [-0.05, 0) is 31.0 Å². The zero-order chi connectivity index (χ0) is 14.0. The highest BCUT2D eigenvalue weighted by Crippen LogP contribution is 2.47. The normalized spacial score (nSPS) is 18.2. The van der Waals surface area contributed by atoms with Crippen LogP contribution in [0.15, 0.2) is 12.1 Å². The first kappa shape index (κ1) is 13.7. The largest absolute Gasteiger partial charge is 0.496 e. The van der Waals surface area contributed by atoms with Gasteiger partial charge in [-0.15, -0.1) is 0 Å². The lowest BCUT2D eigenvalue weighted by atomic mass is 9.86. The Bertz CT molecular complexity index is 488. The van der Waals surface area contributed by atoms with Crippen LogP contribution in [0.5, 0.6) is 11.5 Å². The zero-order valence-corrected chi connectivity index (χ0v) is 11.6. The van der Waals surface area contributed by atoms with E-state index in [-0.39, 0.29) is 11.8 Å². The lowest BCUT2D eigenvalue weighted by Crippen LogP contribution is -2.34. The molecule has 1 atom stereocenters. The van der Waals surface area contributed by atoms with Crippen LogP contribution in [0.1, 0.15) is 24.3 Å². The lowest BCUT2D eigenvalue weighted by molar-refractivity contribution is -0.119. The van der Waals surface area contributed by atoms with Crippen molar-refractivity contribution < 1.29 is 14.3 Å². The van der Waals surface area contributed by atoms with Gasteiger partial charge in [0.1, 0.15) is 11.5 Å². The highest BCUT2D eigenvalue weighted by molar-refractivity contribution is 5.99. The number of amides is 1. The van der Waals surface area contributed by atoms with Crippen LogP contribution in [0.4, 0.5) is 5.69 Å².